The lowest BCUT2D eigenvalue weighted by Gasteiger charge is -2.24. The van der Waals surface area contributed by atoms with Gasteiger partial charge >= 0.3 is 5.97 Å². The summed E-state index contributed by atoms with van der Waals surface area (Å²) in [5.41, 5.74) is 1.66. The van der Waals surface area contributed by atoms with E-state index in [2.05, 4.69) is 5.32 Å². The van der Waals surface area contributed by atoms with E-state index in [1.165, 1.54) is 0 Å². The van der Waals surface area contributed by atoms with Crippen LogP contribution in [-0.4, -0.2) is 47.2 Å². The Morgan fingerprint density at radius 1 is 1.07 bits per heavy atom. The SMILES string of the molecule is O=C(O)Cc1ccc(NC(=O)C2CCCN2C(=O)c2ccc3c(c2)OCO3)cc1. The number of ether oxygens (including phenoxy) is 2. The van der Waals surface area contributed by atoms with Crippen LogP contribution in [-0.2, 0) is 16.0 Å². The van der Waals surface area contributed by atoms with Crippen LogP contribution in [0.25, 0.3) is 0 Å². The first kappa shape index (κ1) is 18.8. The molecule has 1 atom stereocenters. The molecule has 0 spiro atoms. The summed E-state index contributed by atoms with van der Waals surface area (Å²) in [5, 5.41) is 11.6. The zero-order valence-electron chi connectivity index (χ0n) is 15.6. The molecule has 2 aromatic carbocycles. The molecular formula is C21H20N2O6. The Kier molecular flexibility index (Phi) is 5.07. The maximum atomic E-state index is 13.0. The number of amides is 2. The molecule has 1 fully saturated rings. The van der Waals surface area contributed by atoms with Crippen molar-refractivity contribution in [3.05, 3.63) is 53.6 Å². The van der Waals surface area contributed by atoms with Crippen molar-refractivity contribution < 1.29 is 29.0 Å². The number of nitrogens with one attached hydrogen (secondary N) is 1. The fourth-order valence-corrected chi connectivity index (χ4v) is 3.58. The Bertz CT molecular complexity index is 956. The third-order valence-electron chi connectivity index (χ3n) is 5.01. The van der Waals surface area contributed by atoms with Crippen molar-refractivity contribution in [2.75, 3.05) is 18.7 Å². The van der Waals surface area contributed by atoms with Gasteiger partial charge < -0.3 is 24.8 Å². The first-order valence-corrected chi connectivity index (χ1v) is 9.33. The molecule has 150 valence electrons. The summed E-state index contributed by atoms with van der Waals surface area (Å²) in [5.74, 6) is -0.271. The Labute approximate surface area is 167 Å². The quantitative estimate of drug-likeness (QED) is 0.803. The van der Waals surface area contributed by atoms with Gasteiger partial charge in [0.05, 0.1) is 6.42 Å². The van der Waals surface area contributed by atoms with Crippen LogP contribution >= 0.6 is 0 Å². The lowest BCUT2D eigenvalue weighted by molar-refractivity contribution is -0.136. The number of carbonyl (C=O) groups excluding carboxylic acids is 2. The molecule has 29 heavy (non-hydrogen) atoms. The Morgan fingerprint density at radius 2 is 1.83 bits per heavy atom. The maximum absolute atomic E-state index is 13.0. The summed E-state index contributed by atoms with van der Waals surface area (Å²) < 4.78 is 10.6. The number of nitrogens with zero attached hydrogens (tertiary/aromatic N) is 1. The number of carboxylic acid groups (broad SMARTS) is 1. The van der Waals surface area contributed by atoms with Crippen molar-refractivity contribution in [1.82, 2.24) is 4.90 Å². The highest BCUT2D eigenvalue weighted by Crippen LogP contribution is 2.33. The fraction of sp³-hybridized carbons (Fsp3) is 0.286. The predicted octanol–water partition coefficient (Wildman–Crippen LogP) is 2.29. The van der Waals surface area contributed by atoms with Gasteiger partial charge in [-0.25, -0.2) is 0 Å². The van der Waals surface area contributed by atoms with Gasteiger partial charge in [0.15, 0.2) is 11.5 Å². The minimum atomic E-state index is -0.912. The Hall–Kier alpha value is -3.55. The van der Waals surface area contributed by atoms with Gasteiger partial charge in [0, 0.05) is 17.8 Å². The number of fused-ring (bicyclic) bond motifs is 1. The molecule has 2 aliphatic rings. The average Bonchev–Trinajstić information content (AvgIpc) is 3.37. The smallest absolute Gasteiger partial charge is 0.307 e. The summed E-state index contributed by atoms with van der Waals surface area (Å²) in [6.07, 6.45) is 1.25. The van der Waals surface area contributed by atoms with Crippen LogP contribution < -0.4 is 14.8 Å². The molecule has 2 heterocycles. The van der Waals surface area contributed by atoms with E-state index in [4.69, 9.17) is 14.6 Å². The average molecular weight is 396 g/mol. The number of carboxylic acids is 1. The lowest BCUT2D eigenvalue weighted by Crippen LogP contribution is -2.43. The van der Waals surface area contributed by atoms with Gasteiger partial charge in [-0.2, -0.15) is 0 Å². The summed E-state index contributed by atoms with van der Waals surface area (Å²) >= 11 is 0. The third kappa shape index (κ3) is 4.01. The second-order valence-corrected chi connectivity index (χ2v) is 6.98. The Balaban J connectivity index is 1.44. The summed E-state index contributed by atoms with van der Waals surface area (Å²) in [7, 11) is 0. The molecule has 0 bridgehead atoms. The normalized spacial score (nSPS) is 17.2. The van der Waals surface area contributed by atoms with Crippen molar-refractivity contribution in [2.24, 2.45) is 0 Å². The van der Waals surface area contributed by atoms with Crippen molar-refractivity contribution in [2.45, 2.75) is 25.3 Å². The molecule has 2 aliphatic heterocycles. The molecule has 4 rings (SSSR count). The van der Waals surface area contributed by atoms with Gasteiger partial charge in [-0.05, 0) is 48.7 Å². The number of hydrogen-bond acceptors (Lipinski definition) is 5. The topological polar surface area (TPSA) is 105 Å². The minimum Gasteiger partial charge on any atom is -0.481 e. The molecule has 0 aromatic heterocycles. The van der Waals surface area contributed by atoms with Crippen LogP contribution in [0, 0.1) is 0 Å². The molecule has 1 saturated heterocycles. The second-order valence-electron chi connectivity index (χ2n) is 6.98. The van der Waals surface area contributed by atoms with Gasteiger partial charge in [0.25, 0.3) is 5.91 Å². The van der Waals surface area contributed by atoms with Crippen LogP contribution in [0.1, 0.15) is 28.8 Å². The first-order valence-electron chi connectivity index (χ1n) is 9.33. The molecule has 2 aromatic rings. The highest BCUT2D eigenvalue weighted by Gasteiger charge is 2.35. The lowest BCUT2D eigenvalue weighted by atomic mass is 10.1. The van der Waals surface area contributed by atoms with Gasteiger partial charge in [-0.1, -0.05) is 12.1 Å². The summed E-state index contributed by atoms with van der Waals surface area (Å²) in [4.78, 5) is 38.1. The molecule has 0 aliphatic carbocycles. The van der Waals surface area contributed by atoms with Gasteiger partial charge in [-0.3, -0.25) is 14.4 Å². The molecule has 0 saturated carbocycles. The van der Waals surface area contributed by atoms with Crippen molar-refractivity contribution >= 4 is 23.5 Å². The molecule has 1 unspecified atom stereocenters. The van der Waals surface area contributed by atoms with Crippen molar-refractivity contribution in [3.8, 4) is 11.5 Å². The number of rotatable bonds is 5. The molecular weight excluding hydrogens is 376 g/mol. The summed E-state index contributed by atoms with van der Waals surface area (Å²) in [6.45, 7) is 0.635. The van der Waals surface area contributed by atoms with E-state index in [1.54, 1.807) is 47.4 Å². The maximum Gasteiger partial charge on any atom is 0.307 e. The van der Waals surface area contributed by atoms with E-state index in [1.807, 2.05) is 0 Å². The van der Waals surface area contributed by atoms with Gasteiger partial charge in [0.2, 0.25) is 12.7 Å². The van der Waals surface area contributed by atoms with E-state index in [0.29, 0.717) is 41.3 Å². The van der Waals surface area contributed by atoms with E-state index in [0.717, 1.165) is 6.42 Å². The van der Waals surface area contributed by atoms with Gasteiger partial charge in [-0.15, -0.1) is 0 Å². The monoisotopic (exact) mass is 396 g/mol. The number of aliphatic carboxylic acids is 1. The number of hydrogen-bond donors (Lipinski definition) is 2. The molecule has 2 N–H and O–H groups in total. The largest absolute Gasteiger partial charge is 0.481 e. The highest BCUT2D eigenvalue weighted by atomic mass is 16.7. The van der Waals surface area contributed by atoms with Crippen LogP contribution in [0.15, 0.2) is 42.5 Å². The molecule has 2 amide bonds. The molecule has 8 nitrogen and oxygen atoms in total. The zero-order chi connectivity index (χ0) is 20.4. The number of carbonyl (C=O) groups is 3. The predicted molar refractivity (Wildman–Crippen MR) is 103 cm³/mol. The minimum absolute atomic E-state index is 0.0747. The highest BCUT2D eigenvalue weighted by molar-refractivity contribution is 6.01. The van der Waals surface area contributed by atoms with Crippen LogP contribution in [0.2, 0.25) is 0 Å². The first-order chi connectivity index (χ1) is 14.0. The van der Waals surface area contributed by atoms with E-state index >= 15 is 0 Å². The standard InChI is InChI=1S/C21H20N2O6/c24-19(25)10-13-3-6-15(7-4-13)22-20(26)16-2-1-9-23(16)21(27)14-5-8-17-18(11-14)29-12-28-17/h3-8,11,16H,1-2,9-10,12H2,(H,22,26)(H,24,25). The molecule has 0 radical (unpaired) electrons. The van der Waals surface area contributed by atoms with E-state index in [9.17, 15) is 14.4 Å². The number of anilines is 1. The van der Waals surface area contributed by atoms with Crippen LogP contribution in [0.3, 0.4) is 0 Å². The van der Waals surface area contributed by atoms with E-state index < -0.39 is 12.0 Å². The van der Waals surface area contributed by atoms with Crippen molar-refractivity contribution in [3.63, 3.8) is 0 Å². The fourth-order valence-electron chi connectivity index (χ4n) is 3.58. The third-order valence-corrected chi connectivity index (χ3v) is 5.01. The zero-order valence-corrected chi connectivity index (χ0v) is 15.6. The van der Waals surface area contributed by atoms with Crippen LogP contribution in [0.5, 0.6) is 11.5 Å². The number of benzene rings is 2. The van der Waals surface area contributed by atoms with E-state index in [-0.39, 0.29) is 25.0 Å². The summed E-state index contributed by atoms with van der Waals surface area (Å²) in [6, 6.07) is 11.1. The van der Waals surface area contributed by atoms with Crippen molar-refractivity contribution in [1.29, 1.82) is 0 Å². The van der Waals surface area contributed by atoms with Gasteiger partial charge in [0.1, 0.15) is 6.04 Å². The number of likely N-dealkylation sites (tertiary alicyclic amines) is 1. The second kappa shape index (κ2) is 7.83. The van der Waals surface area contributed by atoms with Crippen LogP contribution in [0.4, 0.5) is 5.69 Å². The Morgan fingerprint density at radius 3 is 2.59 bits per heavy atom. The molecule has 8 heteroatoms.